The Kier molecular flexibility index (Phi) is 6.69. The van der Waals surface area contributed by atoms with Crippen LogP contribution in [0.2, 0.25) is 0 Å². The lowest BCUT2D eigenvalue weighted by atomic mass is 9.94. The minimum atomic E-state index is 0.655. The van der Waals surface area contributed by atoms with E-state index in [1.165, 1.54) is 62.5 Å². The van der Waals surface area contributed by atoms with Crippen molar-refractivity contribution in [3.8, 4) is 45.5 Å². The topological polar surface area (TPSA) is 48.5 Å². The quantitative estimate of drug-likeness (QED) is 0.187. The van der Waals surface area contributed by atoms with Crippen LogP contribution in [0.1, 0.15) is 24.1 Å². The smallest absolute Gasteiger partial charge is 0.164 e. The molecule has 238 valence electrons. The highest BCUT2D eigenvalue weighted by atomic mass is 15.0. The Bertz CT molecular complexity index is 2610. The molecule has 50 heavy (non-hydrogen) atoms. The molecule has 0 unspecified atom stereocenters. The van der Waals surface area contributed by atoms with E-state index in [1.54, 1.807) is 0 Å². The van der Waals surface area contributed by atoms with Crippen molar-refractivity contribution in [3.05, 3.63) is 163 Å². The highest BCUT2D eigenvalue weighted by Crippen LogP contribution is 2.43. The van der Waals surface area contributed by atoms with E-state index in [4.69, 9.17) is 15.0 Å². The number of aryl methyl sites for hydroxylation is 1. The number of para-hydroxylation sites is 2. The second kappa shape index (κ2) is 11.7. The first-order valence-electron chi connectivity index (χ1n) is 17.4. The summed E-state index contributed by atoms with van der Waals surface area (Å²) >= 11 is 0. The van der Waals surface area contributed by atoms with Gasteiger partial charge < -0.3 is 9.13 Å². The van der Waals surface area contributed by atoms with Gasteiger partial charge in [-0.15, -0.1) is 0 Å². The van der Waals surface area contributed by atoms with Crippen LogP contribution in [0, 0.1) is 0 Å². The zero-order chi connectivity index (χ0) is 33.0. The largest absolute Gasteiger partial charge is 0.313 e. The molecule has 0 spiro atoms. The van der Waals surface area contributed by atoms with Crippen molar-refractivity contribution in [1.82, 2.24) is 24.1 Å². The molecule has 0 N–H and O–H groups in total. The van der Waals surface area contributed by atoms with Crippen LogP contribution in [0.4, 0.5) is 0 Å². The molecule has 3 aromatic heterocycles. The normalized spacial score (nSPS) is 12.9. The summed E-state index contributed by atoms with van der Waals surface area (Å²) < 4.78 is 4.94. The number of aromatic nitrogens is 5. The van der Waals surface area contributed by atoms with Crippen LogP contribution in [-0.4, -0.2) is 24.1 Å². The number of nitrogens with zero attached hydrogens (tertiary/aromatic N) is 5. The predicted octanol–water partition coefficient (Wildman–Crippen LogP) is 10.8. The Hall–Kier alpha value is -6.33. The van der Waals surface area contributed by atoms with Crippen molar-refractivity contribution < 1.29 is 0 Å². The van der Waals surface area contributed by atoms with Gasteiger partial charge in [0.2, 0.25) is 0 Å². The summed E-state index contributed by atoms with van der Waals surface area (Å²) in [6, 6.07) is 53.3. The molecule has 0 saturated carbocycles. The predicted molar refractivity (Wildman–Crippen MR) is 204 cm³/mol. The number of hydrogen-bond acceptors (Lipinski definition) is 3. The summed E-state index contributed by atoms with van der Waals surface area (Å²) in [5, 5.41) is 4.03. The number of rotatable bonds is 5. The maximum absolute atomic E-state index is 4.96. The molecule has 0 bridgehead atoms. The molecule has 1 aliphatic rings. The maximum atomic E-state index is 4.96. The summed E-state index contributed by atoms with van der Waals surface area (Å²) in [6.45, 7) is 0. The summed E-state index contributed by atoms with van der Waals surface area (Å²) in [5.41, 5.74) is 11.9. The van der Waals surface area contributed by atoms with Gasteiger partial charge in [0.25, 0.3) is 0 Å². The second-order valence-corrected chi connectivity index (χ2v) is 13.1. The van der Waals surface area contributed by atoms with Crippen LogP contribution in [0.3, 0.4) is 0 Å². The first-order chi connectivity index (χ1) is 24.8. The van der Waals surface area contributed by atoms with Gasteiger partial charge in [-0.25, -0.2) is 15.0 Å². The maximum Gasteiger partial charge on any atom is 0.164 e. The zero-order valence-electron chi connectivity index (χ0n) is 27.5. The Balaban J connectivity index is 1.15. The molecule has 3 heterocycles. The summed E-state index contributed by atoms with van der Waals surface area (Å²) in [7, 11) is 0. The molecule has 5 heteroatoms. The first kappa shape index (κ1) is 28.7. The summed E-state index contributed by atoms with van der Waals surface area (Å²) in [5.74, 6) is 1.98. The van der Waals surface area contributed by atoms with E-state index in [0.29, 0.717) is 17.5 Å². The van der Waals surface area contributed by atoms with E-state index < -0.39 is 0 Å². The molecular formula is C45H33N5. The summed E-state index contributed by atoms with van der Waals surface area (Å²) in [4.78, 5) is 14.8. The van der Waals surface area contributed by atoms with E-state index in [-0.39, 0.29) is 0 Å². The Labute approximate surface area is 290 Å². The van der Waals surface area contributed by atoms with Crippen molar-refractivity contribution in [2.75, 3.05) is 0 Å². The lowest BCUT2D eigenvalue weighted by molar-refractivity contribution is 0.667. The molecule has 0 radical (unpaired) electrons. The van der Waals surface area contributed by atoms with Gasteiger partial charge >= 0.3 is 0 Å². The van der Waals surface area contributed by atoms with Crippen molar-refractivity contribution >= 4 is 32.7 Å². The van der Waals surface area contributed by atoms with Gasteiger partial charge in [0.1, 0.15) is 0 Å². The van der Waals surface area contributed by atoms with Crippen LogP contribution in [0.25, 0.3) is 78.2 Å². The average Bonchev–Trinajstić information content (AvgIpc) is 3.72. The molecule has 1 aliphatic carbocycles. The molecule has 0 amide bonds. The molecule has 0 fully saturated rings. The first-order valence-corrected chi connectivity index (χ1v) is 17.4. The molecule has 6 aromatic carbocycles. The van der Waals surface area contributed by atoms with Crippen molar-refractivity contribution in [1.29, 1.82) is 0 Å². The highest BCUT2D eigenvalue weighted by molar-refractivity contribution is 6.22. The fourth-order valence-electron chi connectivity index (χ4n) is 7.94. The van der Waals surface area contributed by atoms with Gasteiger partial charge in [-0.05, 0) is 85.8 Å². The highest BCUT2D eigenvalue weighted by Gasteiger charge is 2.25. The van der Waals surface area contributed by atoms with Gasteiger partial charge in [-0.3, -0.25) is 0 Å². The lowest BCUT2D eigenvalue weighted by Crippen LogP contribution is -2.06. The third kappa shape index (κ3) is 4.58. The van der Waals surface area contributed by atoms with E-state index in [0.717, 1.165) is 35.2 Å². The molecule has 0 aliphatic heterocycles. The van der Waals surface area contributed by atoms with E-state index in [1.807, 2.05) is 60.7 Å². The molecule has 9 aromatic rings. The van der Waals surface area contributed by atoms with Crippen molar-refractivity contribution in [2.24, 2.45) is 0 Å². The Morgan fingerprint density at radius 3 is 1.52 bits per heavy atom. The van der Waals surface area contributed by atoms with E-state index >= 15 is 0 Å². The van der Waals surface area contributed by atoms with E-state index in [9.17, 15) is 0 Å². The molecule has 5 nitrogen and oxygen atoms in total. The van der Waals surface area contributed by atoms with Crippen molar-refractivity contribution in [3.63, 3.8) is 0 Å². The minimum Gasteiger partial charge on any atom is -0.313 e. The van der Waals surface area contributed by atoms with Crippen LogP contribution < -0.4 is 0 Å². The third-order valence-electron chi connectivity index (χ3n) is 10.2. The second-order valence-electron chi connectivity index (χ2n) is 13.1. The Morgan fingerprint density at radius 2 is 0.880 bits per heavy atom. The zero-order valence-corrected chi connectivity index (χ0v) is 27.5. The molecule has 10 rings (SSSR count). The van der Waals surface area contributed by atoms with Crippen LogP contribution in [-0.2, 0) is 12.8 Å². The monoisotopic (exact) mass is 643 g/mol. The van der Waals surface area contributed by atoms with Gasteiger partial charge in [0, 0.05) is 49.9 Å². The fourth-order valence-corrected chi connectivity index (χ4v) is 7.94. The minimum absolute atomic E-state index is 0.655. The number of hydrogen-bond donors (Lipinski definition) is 0. The van der Waals surface area contributed by atoms with Gasteiger partial charge in [0.15, 0.2) is 17.5 Å². The van der Waals surface area contributed by atoms with Crippen molar-refractivity contribution in [2.45, 2.75) is 25.7 Å². The van der Waals surface area contributed by atoms with Crippen LogP contribution in [0.15, 0.2) is 152 Å². The standard InChI is InChI=1S/C45H33N5/c1-4-14-30(15-5-1)43-46-44(31-16-6-2-7-17-31)48-45(47-43)32-24-26-34(27-25-32)50-38-23-13-11-21-36(38)42-40(50)29-28-39-41(42)35-20-10-12-22-37(35)49(39)33-18-8-3-9-19-33/h1-9,11,13-19,21,23-29H,10,12,20,22H2. The van der Waals surface area contributed by atoms with Gasteiger partial charge in [0.05, 0.1) is 16.6 Å². The fraction of sp³-hybridized carbons (Fsp3) is 0.0889. The van der Waals surface area contributed by atoms with Gasteiger partial charge in [-0.2, -0.15) is 0 Å². The summed E-state index contributed by atoms with van der Waals surface area (Å²) in [6.07, 6.45) is 4.68. The van der Waals surface area contributed by atoms with E-state index in [2.05, 4.69) is 100 Å². The van der Waals surface area contributed by atoms with Crippen LogP contribution >= 0.6 is 0 Å². The average molecular weight is 644 g/mol. The number of fused-ring (bicyclic) bond motifs is 7. The number of benzene rings is 6. The molecular weight excluding hydrogens is 611 g/mol. The SMILES string of the molecule is c1ccc(-c2nc(-c3ccccc3)nc(-c3ccc(-n4c5ccccc5c5c6c7c(n(-c8ccccc8)c6ccc54)CCCC7)cc3)n2)cc1. The third-order valence-corrected chi connectivity index (χ3v) is 10.2. The molecule has 0 saturated heterocycles. The molecule has 0 atom stereocenters. The lowest BCUT2D eigenvalue weighted by Gasteiger charge is -2.16. The Morgan fingerprint density at radius 1 is 0.380 bits per heavy atom. The van der Waals surface area contributed by atoms with Gasteiger partial charge in [-0.1, -0.05) is 97.1 Å². The van der Waals surface area contributed by atoms with Crippen LogP contribution in [0.5, 0.6) is 0 Å².